The Morgan fingerprint density at radius 3 is 2.81 bits per heavy atom. The summed E-state index contributed by atoms with van der Waals surface area (Å²) in [6.07, 6.45) is 2.95. The molecule has 0 aliphatic carbocycles. The van der Waals surface area contributed by atoms with Gasteiger partial charge in [0.05, 0.1) is 17.9 Å². The lowest BCUT2D eigenvalue weighted by Gasteiger charge is -2.08. The molecule has 3 rings (SSSR count). The van der Waals surface area contributed by atoms with Crippen LogP contribution in [-0.2, 0) is 4.79 Å². The lowest BCUT2D eigenvalue weighted by Crippen LogP contribution is -2.10. The van der Waals surface area contributed by atoms with Gasteiger partial charge in [-0.15, -0.1) is 0 Å². The van der Waals surface area contributed by atoms with Crippen LogP contribution >= 0.6 is 0 Å². The van der Waals surface area contributed by atoms with Crippen molar-refractivity contribution in [3.8, 4) is 5.82 Å². The SMILES string of the molecule is Cc1nn(-c2ncnc3nc[nH]c23)c(C)c1C(C)C(=O)O. The number of hydrogen-bond donors (Lipinski definition) is 2. The summed E-state index contributed by atoms with van der Waals surface area (Å²) >= 11 is 0. The van der Waals surface area contributed by atoms with Crippen LogP contribution in [0.15, 0.2) is 12.7 Å². The van der Waals surface area contributed by atoms with E-state index in [1.807, 2.05) is 6.92 Å². The predicted octanol–water partition coefficient (Wildman–Crippen LogP) is 1.34. The van der Waals surface area contributed by atoms with Gasteiger partial charge >= 0.3 is 5.97 Å². The minimum absolute atomic E-state index is 0.542. The molecule has 0 saturated heterocycles. The molecule has 0 aliphatic rings. The van der Waals surface area contributed by atoms with Crippen LogP contribution in [-0.4, -0.2) is 40.8 Å². The summed E-state index contributed by atoms with van der Waals surface area (Å²) in [5.41, 5.74) is 3.33. The fourth-order valence-corrected chi connectivity index (χ4v) is 2.52. The number of nitrogens with one attached hydrogen (secondary N) is 1. The minimum atomic E-state index is -0.880. The smallest absolute Gasteiger partial charge is 0.310 e. The molecule has 21 heavy (non-hydrogen) atoms. The van der Waals surface area contributed by atoms with Gasteiger partial charge in [0, 0.05) is 11.3 Å². The number of carboxylic acids is 1. The van der Waals surface area contributed by atoms with Crippen molar-refractivity contribution < 1.29 is 9.90 Å². The van der Waals surface area contributed by atoms with Gasteiger partial charge in [-0.1, -0.05) is 0 Å². The largest absolute Gasteiger partial charge is 0.481 e. The number of carboxylic acid groups (broad SMARTS) is 1. The molecule has 0 amide bonds. The number of carbonyl (C=O) groups is 1. The molecular weight excluding hydrogens is 272 g/mol. The Kier molecular flexibility index (Phi) is 2.93. The van der Waals surface area contributed by atoms with Crippen LogP contribution in [0.3, 0.4) is 0 Å². The van der Waals surface area contributed by atoms with Crippen molar-refractivity contribution in [1.82, 2.24) is 29.7 Å². The van der Waals surface area contributed by atoms with Gasteiger partial charge in [0.15, 0.2) is 11.5 Å². The van der Waals surface area contributed by atoms with Crippen molar-refractivity contribution in [3.63, 3.8) is 0 Å². The van der Waals surface area contributed by atoms with Gasteiger partial charge in [0.1, 0.15) is 11.8 Å². The maximum absolute atomic E-state index is 11.2. The third kappa shape index (κ3) is 1.95. The summed E-state index contributed by atoms with van der Waals surface area (Å²) in [5.74, 6) is -0.949. The highest BCUT2D eigenvalue weighted by molar-refractivity contribution is 5.79. The molecule has 0 saturated carbocycles. The van der Waals surface area contributed by atoms with E-state index in [1.165, 1.54) is 12.7 Å². The van der Waals surface area contributed by atoms with Crippen LogP contribution in [0.4, 0.5) is 0 Å². The average Bonchev–Trinajstić information content (AvgIpc) is 3.02. The van der Waals surface area contributed by atoms with Gasteiger partial charge in [-0.2, -0.15) is 5.10 Å². The Hall–Kier alpha value is -2.77. The van der Waals surface area contributed by atoms with Crippen molar-refractivity contribution in [3.05, 3.63) is 29.6 Å². The first-order valence-corrected chi connectivity index (χ1v) is 6.44. The van der Waals surface area contributed by atoms with Crippen molar-refractivity contribution >= 4 is 17.1 Å². The predicted molar refractivity (Wildman–Crippen MR) is 74.3 cm³/mol. The second-order valence-corrected chi connectivity index (χ2v) is 4.85. The number of aliphatic carboxylic acids is 1. The van der Waals surface area contributed by atoms with Crippen LogP contribution in [0.1, 0.15) is 29.8 Å². The van der Waals surface area contributed by atoms with Gasteiger partial charge in [-0.25, -0.2) is 19.6 Å². The second-order valence-electron chi connectivity index (χ2n) is 4.85. The molecule has 8 heteroatoms. The number of hydrogen-bond acceptors (Lipinski definition) is 5. The third-order valence-electron chi connectivity index (χ3n) is 3.55. The van der Waals surface area contributed by atoms with Gasteiger partial charge < -0.3 is 10.1 Å². The highest BCUT2D eigenvalue weighted by atomic mass is 16.4. The molecule has 0 aliphatic heterocycles. The molecule has 8 nitrogen and oxygen atoms in total. The topological polar surface area (TPSA) is 110 Å². The Bertz CT molecular complexity index is 834. The zero-order valence-electron chi connectivity index (χ0n) is 11.8. The molecule has 0 bridgehead atoms. The zero-order valence-corrected chi connectivity index (χ0v) is 11.8. The Morgan fingerprint density at radius 2 is 2.10 bits per heavy atom. The van der Waals surface area contributed by atoms with Crippen LogP contribution in [0.25, 0.3) is 17.0 Å². The minimum Gasteiger partial charge on any atom is -0.481 e. The van der Waals surface area contributed by atoms with E-state index in [4.69, 9.17) is 0 Å². The molecule has 1 unspecified atom stereocenters. The molecule has 1 atom stereocenters. The monoisotopic (exact) mass is 286 g/mol. The molecule has 3 aromatic heterocycles. The van der Waals surface area contributed by atoms with Gasteiger partial charge in [-0.05, 0) is 20.8 Å². The van der Waals surface area contributed by atoms with E-state index in [0.29, 0.717) is 28.2 Å². The normalized spacial score (nSPS) is 12.7. The van der Waals surface area contributed by atoms with Crippen molar-refractivity contribution in [2.24, 2.45) is 0 Å². The Labute approximate surface area is 119 Å². The number of H-pyrrole nitrogens is 1. The van der Waals surface area contributed by atoms with E-state index in [-0.39, 0.29) is 0 Å². The number of imidazole rings is 1. The summed E-state index contributed by atoms with van der Waals surface area (Å²) in [4.78, 5) is 26.6. The van der Waals surface area contributed by atoms with E-state index in [1.54, 1.807) is 18.5 Å². The summed E-state index contributed by atoms with van der Waals surface area (Å²) in [6.45, 7) is 5.28. The molecule has 0 spiro atoms. The fraction of sp³-hybridized carbons (Fsp3) is 0.308. The van der Waals surface area contributed by atoms with Crippen LogP contribution < -0.4 is 0 Å². The first kappa shape index (κ1) is 13.2. The number of rotatable bonds is 3. The number of aromatic nitrogens is 6. The molecule has 3 heterocycles. The number of nitrogens with zero attached hydrogens (tertiary/aromatic N) is 5. The maximum atomic E-state index is 11.2. The highest BCUT2D eigenvalue weighted by Crippen LogP contribution is 2.26. The van der Waals surface area contributed by atoms with E-state index >= 15 is 0 Å². The Morgan fingerprint density at radius 1 is 1.33 bits per heavy atom. The number of aryl methyl sites for hydroxylation is 1. The van der Waals surface area contributed by atoms with Crippen molar-refractivity contribution in [2.45, 2.75) is 26.7 Å². The first-order chi connectivity index (χ1) is 10.0. The molecule has 2 N–H and O–H groups in total. The quantitative estimate of drug-likeness (QED) is 0.752. The summed E-state index contributed by atoms with van der Waals surface area (Å²) < 4.78 is 1.63. The summed E-state index contributed by atoms with van der Waals surface area (Å²) in [7, 11) is 0. The fourth-order valence-electron chi connectivity index (χ4n) is 2.52. The summed E-state index contributed by atoms with van der Waals surface area (Å²) in [5, 5.41) is 13.7. The molecule has 0 fully saturated rings. The van der Waals surface area contributed by atoms with Crippen molar-refractivity contribution in [2.75, 3.05) is 0 Å². The van der Waals surface area contributed by atoms with E-state index in [9.17, 15) is 9.90 Å². The molecule has 108 valence electrons. The van der Waals surface area contributed by atoms with Crippen molar-refractivity contribution in [1.29, 1.82) is 0 Å². The molecular formula is C13H14N6O2. The van der Waals surface area contributed by atoms with E-state index < -0.39 is 11.9 Å². The van der Waals surface area contributed by atoms with Crippen LogP contribution in [0.2, 0.25) is 0 Å². The first-order valence-electron chi connectivity index (χ1n) is 6.44. The van der Waals surface area contributed by atoms with E-state index in [2.05, 4.69) is 25.0 Å². The lowest BCUT2D eigenvalue weighted by atomic mass is 9.99. The average molecular weight is 286 g/mol. The number of aromatic amines is 1. The van der Waals surface area contributed by atoms with Crippen LogP contribution in [0.5, 0.6) is 0 Å². The molecule has 0 radical (unpaired) electrons. The summed E-state index contributed by atoms with van der Waals surface area (Å²) in [6, 6.07) is 0. The van der Waals surface area contributed by atoms with Crippen LogP contribution in [0, 0.1) is 13.8 Å². The maximum Gasteiger partial charge on any atom is 0.310 e. The van der Waals surface area contributed by atoms with E-state index in [0.717, 1.165) is 5.69 Å². The molecule has 0 aromatic carbocycles. The molecule has 3 aromatic rings. The second kappa shape index (κ2) is 4.65. The third-order valence-corrected chi connectivity index (χ3v) is 3.55. The highest BCUT2D eigenvalue weighted by Gasteiger charge is 2.24. The lowest BCUT2D eigenvalue weighted by molar-refractivity contribution is -0.138. The van der Waals surface area contributed by atoms with Gasteiger partial charge in [0.2, 0.25) is 0 Å². The zero-order chi connectivity index (χ0) is 15.1. The standard InChI is InChI=1S/C13H14N6O2/c1-6(13(20)21)9-7(2)18-19(8(9)3)12-10-11(15-4-14-10)16-5-17-12/h4-6H,1-3H3,(H,20,21)(H,14,15,16,17). The van der Waals surface area contributed by atoms with Gasteiger partial charge in [0.25, 0.3) is 0 Å². The van der Waals surface area contributed by atoms with Gasteiger partial charge in [-0.3, -0.25) is 4.79 Å². The Balaban J connectivity index is 2.23. The number of fused-ring (bicyclic) bond motifs is 1.